The predicted molar refractivity (Wildman–Crippen MR) is 92.9 cm³/mol. The highest BCUT2D eigenvalue weighted by Crippen LogP contribution is 2.23. The summed E-state index contributed by atoms with van der Waals surface area (Å²) in [6.07, 6.45) is 6.62. The predicted octanol–water partition coefficient (Wildman–Crippen LogP) is 4.65. The number of nitrogens with one attached hydrogen (secondary N) is 1. The maximum Gasteiger partial charge on any atom is 0.213 e. The minimum atomic E-state index is 0.398. The van der Waals surface area contributed by atoms with Crippen LogP contribution in [0.3, 0.4) is 0 Å². The van der Waals surface area contributed by atoms with Gasteiger partial charge in [0.25, 0.3) is 0 Å². The quantitative estimate of drug-likeness (QED) is 0.721. The largest absolute Gasteiger partial charge is 0.478 e. The molecule has 3 heterocycles. The van der Waals surface area contributed by atoms with Crippen LogP contribution >= 0.6 is 0 Å². The lowest BCUT2D eigenvalue weighted by Gasteiger charge is -2.13. The van der Waals surface area contributed by atoms with Crippen LogP contribution in [0.4, 0.5) is 0 Å². The van der Waals surface area contributed by atoms with Crippen molar-refractivity contribution >= 4 is 11.0 Å². The molecule has 0 aliphatic carbocycles. The summed E-state index contributed by atoms with van der Waals surface area (Å²) < 4.78 is 5.82. The Balaban J connectivity index is 1.58. The lowest BCUT2D eigenvalue weighted by Crippen LogP contribution is -2.05. The normalized spacial score (nSPS) is 12.7. The van der Waals surface area contributed by atoms with Crippen LogP contribution in [0.1, 0.15) is 50.2 Å². The van der Waals surface area contributed by atoms with Crippen LogP contribution in [0, 0.1) is 0 Å². The molecule has 0 fully saturated rings. The van der Waals surface area contributed by atoms with Gasteiger partial charge in [-0.05, 0) is 47.6 Å². The molecular formula is C19H23N3O. The van der Waals surface area contributed by atoms with Crippen LogP contribution in [-0.2, 0) is 0 Å². The molecule has 23 heavy (non-hydrogen) atoms. The highest BCUT2D eigenvalue weighted by molar-refractivity contribution is 5.75. The van der Waals surface area contributed by atoms with Crippen molar-refractivity contribution in [3.05, 3.63) is 54.0 Å². The number of ether oxygens (including phenoxy) is 1. The molecule has 0 amide bonds. The van der Waals surface area contributed by atoms with Crippen LogP contribution < -0.4 is 4.74 Å². The molecule has 120 valence electrons. The fourth-order valence-corrected chi connectivity index (χ4v) is 2.60. The van der Waals surface area contributed by atoms with Crippen LogP contribution in [0.5, 0.6) is 5.88 Å². The first-order valence-corrected chi connectivity index (χ1v) is 8.15. The Bertz CT molecular complexity index is 779. The maximum atomic E-state index is 5.82. The molecule has 1 unspecified atom stereocenters. The zero-order chi connectivity index (χ0) is 16.2. The van der Waals surface area contributed by atoms with Gasteiger partial charge in [-0.2, -0.15) is 0 Å². The summed E-state index contributed by atoms with van der Waals surface area (Å²) in [6, 6.07) is 8.32. The summed E-state index contributed by atoms with van der Waals surface area (Å²) in [6.45, 7) is 7.20. The fourth-order valence-electron chi connectivity index (χ4n) is 2.60. The van der Waals surface area contributed by atoms with Crippen LogP contribution in [-0.4, -0.2) is 21.6 Å². The zero-order valence-corrected chi connectivity index (χ0v) is 13.9. The second kappa shape index (κ2) is 6.82. The molecule has 0 spiro atoms. The van der Waals surface area contributed by atoms with Gasteiger partial charge in [0.1, 0.15) is 5.65 Å². The van der Waals surface area contributed by atoms with E-state index >= 15 is 0 Å². The fraction of sp³-hybridized carbons (Fsp3) is 0.368. The van der Waals surface area contributed by atoms with Crippen molar-refractivity contribution in [1.29, 1.82) is 0 Å². The standard InChI is InChI=1S/C19H23N3O/c1-13(2)15-4-7-20-18(11-15)23-9-6-14(3)17-10-16-5-8-21-19(16)22-12-17/h4-5,7-8,10-14H,6,9H2,1-3H3,(H,21,22). The van der Waals surface area contributed by atoms with Gasteiger partial charge < -0.3 is 9.72 Å². The zero-order valence-electron chi connectivity index (χ0n) is 13.9. The van der Waals surface area contributed by atoms with E-state index in [9.17, 15) is 0 Å². The molecule has 0 aliphatic rings. The number of pyridine rings is 2. The number of hydrogen-bond acceptors (Lipinski definition) is 3. The van der Waals surface area contributed by atoms with Crippen molar-refractivity contribution in [1.82, 2.24) is 15.0 Å². The summed E-state index contributed by atoms with van der Waals surface area (Å²) in [7, 11) is 0. The van der Waals surface area contributed by atoms with Crippen molar-refractivity contribution < 1.29 is 4.74 Å². The average molecular weight is 309 g/mol. The topological polar surface area (TPSA) is 50.8 Å². The molecule has 1 atom stereocenters. The molecule has 3 aromatic heterocycles. The molecule has 0 bridgehead atoms. The third-order valence-corrected chi connectivity index (χ3v) is 4.22. The van der Waals surface area contributed by atoms with E-state index in [1.165, 1.54) is 11.1 Å². The number of aromatic amines is 1. The smallest absolute Gasteiger partial charge is 0.213 e. The van der Waals surface area contributed by atoms with Gasteiger partial charge >= 0.3 is 0 Å². The summed E-state index contributed by atoms with van der Waals surface area (Å²) in [5.41, 5.74) is 3.43. The Morgan fingerprint density at radius 1 is 1.09 bits per heavy atom. The van der Waals surface area contributed by atoms with E-state index in [-0.39, 0.29) is 0 Å². The minimum absolute atomic E-state index is 0.398. The first-order chi connectivity index (χ1) is 11.1. The third kappa shape index (κ3) is 3.70. The highest BCUT2D eigenvalue weighted by atomic mass is 16.5. The molecule has 0 aromatic carbocycles. The summed E-state index contributed by atoms with van der Waals surface area (Å²) in [4.78, 5) is 11.9. The summed E-state index contributed by atoms with van der Waals surface area (Å²) in [5.74, 6) is 1.59. The van der Waals surface area contributed by atoms with Crippen molar-refractivity contribution in [2.24, 2.45) is 0 Å². The van der Waals surface area contributed by atoms with E-state index in [2.05, 4.69) is 47.9 Å². The maximum absolute atomic E-state index is 5.82. The number of nitrogens with zero attached hydrogens (tertiary/aromatic N) is 2. The molecule has 0 aliphatic heterocycles. The van der Waals surface area contributed by atoms with E-state index < -0.39 is 0 Å². The third-order valence-electron chi connectivity index (χ3n) is 4.22. The average Bonchev–Trinajstić information content (AvgIpc) is 3.02. The molecule has 0 saturated heterocycles. The molecule has 0 saturated carbocycles. The molecule has 3 aromatic rings. The Labute approximate surface area is 136 Å². The van der Waals surface area contributed by atoms with Crippen molar-refractivity contribution in [2.75, 3.05) is 6.61 Å². The molecule has 3 rings (SSSR count). The Kier molecular flexibility index (Phi) is 4.60. The number of aromatic nitrogens is 3. The molecule has 1 N–H and O–H groups in total. The van der Waals surface area contributed by atoms with Gasteiger partial charge in [0.2, 0.25) is 5.88 Å². The number of H-pyrrole nitrogens is 1. The van der Waals surface area contributed by atoms with Gasteiger partial charge in [-0.3, -0.25) is 0 Å². The molecule has 4 heteroatoms. The highest BCUT2D eigenvalue weighted by Gasteiger charge is 2.09. The monoisotopic (exact) mass is 309 g/mol. The molecule has 0 radical (unpaired) electrons. The summed E-state index contributed by atoms with van der Waals surface area (Å²) >= 11 is 0. The Morgan fingerprint density at radius 2 is 1.96 bits per heavy atom. The van der Waals surface area contributed by atoms with Crippen molar-refractivity contribution in [2.45, 2.75) is 39.0 Å². The van der Waals surface area contributed by atoms with Gasteiger partial charge in [0.05, 0.1) is 6.61 Å². The van der Waals surface area contributed by atoms with Crippen LogP contribution in [0.25, 0.3) is 11.0 Å². The summed E-state index contributed by atoms with van der Waals surface area (Å²) in [5, 5.41) is 1.15. The van der Waals surface area contributed by atoms with Gasteiger partial charge in [-0.15, -0.1) is 0 Å². The first kappa shape index (κ1) is 15.5. The SMILES string of the molecule is CC(C)c1ccnc(OCCC(C)c2cnc3[nH]ccc3c2)c1. The van der Waals surface area contributed by atoms with E-state index in [0.717, 1.165) is 17.5 Å². The number of hydrogen-bond donors (Lipinski definition) is 1. The van der Waals surface area contributed by atoms with Crippen LogP contribution in [0.2, 0.25) is 0 Å². The first-order valence-electron chi connectivity index (χ1n) is 8.15. The van der Waals surface area contributed by atoms with Gasteiger partial charge in [0.15, 0.2) is 0 Å². The Morgan fingerprint density at radius 3 is 2.78 bits per heavy atom. The lowest BCUT2D eigenvalue weighted by molar-refractivity contribution is 0.289. The lowest BCUT2D eigenvalue weighted by atomic mass is 9.99. The van der Waals surface area contributed by atoms with E-state index in [0.29, 0.717) is 24.3 Å². The molecule has 4 nitrogen and oxygen atoms in total. The van der Waals surface area contributed by atoms with E-state index in [1.54, 1.807) is 0 Å². The van der Waals surface area contributed by atoms with Crippen molar-refractivity contribution in [3.63, 3.8) is 0 Å². The number of rotatable bonds is 6. The second-order valence-electron chi connectivity index (χ2n) is 6.30. The second-order valence-corrected chi connectivity index (χ2v) is 6.30. The number of fused-ring (bicyclic) bond motifs is 1. The van der Waals surface area contributed by atoms with E-state index in [4.69, 9.17) is 4.74 Å². The van der Waals surface area contributed by atoms with Gasteiger partial charge in [-0.1, -0.05) is 20.8 Å². The molecular weight excluding hydrogens is 286 g/mol. The van der Waals surface area contributed by atoms with Gasteiger partial charge in [-0.25, -0.2) is 9.97 Å². The Hall–Kier alpha value is -2.36. The minimum Gasteiger partial charge on any atom is -0.478 e. The van der Waals surface area contributed by atoms with E-state index in [1.807, 2.05) is 30.7 Å². The van der Waals surface area contributed by atoms with Crippen LogP contribution in [0.15, 0.2) is 42.9 Å². The van der Waals surface area contributed by atoms with Crippen molar-refractivity contribution in [3.8, 4) is 5.88 Å². The van der Waals surface area contributed by atoms with Gasteiger partial charge in [0, 0.05) is 30.0 Å².